The van der Waals surface area contributed by atoms with Gasteiger partial charge in [0, 0.05) is 18.2 Å². The number of nitrogens with zero attached hydrogens (tertiary/aromatic N) is 2. The fourth-order valence-electron chi connectivity index (χ4n) is 3.26. The van der Waals surface area contributed by atoms with Crippen LogP contribution in [0.25, 0.3) is 11.1 Å². The Bertz CT molecular complexity index is 1170. The van der Waals surface area contributed by atoms with Gasteiger partial charge in [-0.25, -0.2) is 4.79 Å². The molecular weight excluding hydrogens is 370 g/mol. The number of aromatic carboxylic acids is 1. The summed E-state index contributed by atoms with van der Waals surface area (Å²) in [5.74, 6) is -1.38. The lowest BCUT2D eigenvalue weighted by Crippen LogP contribution is -2.26. The van der Waals surface area contributed by atoms with Crippen LogP contribution < -0.4 is 10.3 Å². The number of fused-ring (bicyclic) bond motifs is 1. The summed E-state index contributed by atoms with van der Waals surface area (Å²) in [6.45, 7) is 0. The van der Waals surface area contributed by atoms with E-state index in [2.05, 4.69) is 10.5 Å². The molecule has 0 unspecified atom stereocenters. The summed E-state index contributed by atoms with van der Waals surface area (Å²) in [5.41, 5.74) is 5.92. The average molecular weight is 387 g/mol. The molecular formula is C22H17N3O4. The summed E-state index contributed by atoms with van der Waals surface area (Å²) in [5, 5.41) is 24.1. The van der Waals surface area contributed by atoms with Crippen molar-refractivity contribution in [2.24, 2.45) is 5.10 Å². The molecule has 0 atom stereocenters. The Morgan fingerprint density at radius 1 is 1.00 bits per heavy atom. The smallest absolute Gasteiger partial charge is 0.335 e. The number of carboxylic acid groups (broad SMARTS) is 1. The molecule has 7 heteroatoms. The van der Waals surface area contributed by atoms with Crippen molar-refractivity contribution in [3.63, 3.8) is 0 Å². The van der Waals surface area contributed by atoms with Crippen LogP contribution in [-0.2, 0) is 4.79 Å². The molecule has 0 fully saturated rings. The Balaban J connectivity index is 1.69. The number of hydrogen-bond acceptors (Lipinski definition) is 5. The van der Waals surface area contributed by atoms with E-state index in [9.17, 15) is 19.8 Å². The van der Waals surface area contributed by atoms with E-state index in [1.54, 1.807) is 37.4 Å². The van der Waals surface area contributed by atoms with Crippen molar-refractivity contribution in [1.29, 1.82) is 0 Å². The summed E-state index contributed by atoms with van der Waals surface area (Å²) in [7, 11) is 1.68. The lowest BCUT2D eigenvalue weighted by atomic mass is 10.0. The van der Waals surface area contributed by atoms with E-state index in [0.717, 1.165) is 5.69 Å². The van der Waals surface area contributed by atoms with Gasteiger partial charge in [0.05, 0.1) is 16.9 Å². The molecule has 0 radical (unpaired) electrons. The number of anilines is 2. The molecule has 1 aliphatic heterocycles. The number of likely N-dealkylation sites (N-methyl/N-ethyl adjacent to an activating group) is 1. The van der Waals surface area contributed by atoms with Crippen molar-refractivity contribution >= 4 is 29.0 Å². The minimum absolute atomic E-state index is 0.0912. The molecule has 3 N–H and O–H groups in total. The zero-order chi connectivity index (χ0) is 20.5. The van der Waals surface area contributed by atoms with Gasteiger partial charge in [0.1, 0.15) is 5.75 Å². The highest BCUT2D eigenvalue weighted by Crippen LogP contribution is 2.36. The predicted molar refractivity (Wildman–Crippen MR) is 111 cm³/mol. The average Bonchev–Trinajstić information content (AvgIpc) is 2.98. The Morgan fingerprint density at radius 3 is 2.52 bits per heavy atom. The molecule has 0 saturated carbocycles. The van der Waals surface area contributed by atoms with Gasteiger partial charge in [-0.15, -0.1) is 0 Å². The van der Waals surface area contributed by atoms with Gasteiger partial charge in [-0.3, -0.25) is 10.2 Å². The van der Waals surface area contributed by atoms with Crippen LogP contribution in [0.5, 0.6) is 5.75 Å². The van der Waals surface area contributed by atoms with E-state index in [1.807, 2.05) is 24.3 Å². The molecule has 4 rings (SSSR count). The molecule has 1 amide bonds. The molecule has 3 aromatic carbocycles. The van der Waals surface area contributed by atoms with Crippen LogP contribution in [0.4, 0.5) is 11.4 Å². The molecule has 0 aliphatic carbocycles. The van der Waals surface area contributed by atoms with Crippen molar-refractivity contribution in [1.82, 2.24) is 0 Å². The fraction of sp³-hybridized carbons (Fsp3) is 0.0455. The molecule has 144 valence electrons. The normalized spacial score (nSPS) is 14.2. The number of amides is 1. The van der Waals surface area contributed by atoms with Crippen molar-refractivity contribution in [2.45, 2.75) is 0 Å². The Labute approximate surface area is 166 Å². The summed E-state index contributed by atoms with van der Waals surface area (Å²) >= 11 is 0. The predicted octanol–water partition coefficient (Wildman–Crippen LogP) is 3.55. The second-order valence-corrected chi connectivity index (χ2v) is 6.54. The number of carboxylic acids is 1. The van der Waals surface area contributed by atoms with Gasteiger partial charge in [-0.05, 0) is 29.8 Å². The maximum absolute atomic E-state index is 12.5. The molecule has 3 aromatic rings. The molecule has 1 heterocycles. The zero-order valence-electron chi connectivity index (χ0n) is 15.5. The maximum Gasteiger partial charge on any atom is 0.335 e. The number of phenolic OH excluding ortho intramolecular Hbond substituents is 1. The Kier molecular flexibility index (Phi) is 4.48. The summed E-state index contributed by atoms with van der Waals surface area (Å²) in [6.07, 6.45) is 0. The van der Waals surface area contributed by atoms with Gasteiger partial charge in [-0.2, -0.15) is 5.10 Å². The van der Waals surface area contributed by atoms with Gasteiger partial charge in [0.2, 0.25) is 0 Å². The number of hydrogen-bond donors (Lipinski definition) is 3. The Morgan fingerprint density at radius 2 is 1.72 bits per heavy atom. The van der Waals surface area contributed by atoms with E-state index >= 15 is 0 Å². The molecule has 29 heavy (non-hydrogen) atoms. The largest absolute Gasteiger partial charge is 0.505 e. The number of phenols is 1. The lowest BCUT2D eigenvalue weighted by Gasteiger charge is -2.10. The van der Waals surface area contributed by atoms with E-state index in [0.29, 0.717) is 22.4 Å². The lowest BCUT2D eigenvalue weighted by molar-refractivity contribution is -0.111. The monoisotopic (exact) mass is 387 g/mol. The number of carbonyl (C=O) groups is 2. The zero-order valence-corrected chi connectivity index (χ0v) is 15.5. The topological polar surface area (TPSA) is 102 Å². The van der Waals surface area contributed by atoms with Crippen LogP contribution >= 0.6 is 0 Å². The van der Waals surface area contributed by atoms with Crippen LogP contribution in [0.3, 0.4) is 0 Å². The summed E-state index contributed by atoms with van der Waals surface area (Å²) in [4.78, 5) is 25.2. The number of carbonyl (C=O) groups excluding carboxylic acids is 1. The third-order valence-electron chi connectivity index (χ3n) is 4.77. The van der Waals surface area contributed by atoms with Crippen LogP contribution in [-0.4, -0.2) is 34.8 Å². The molecule has 0 aromatic heterocycles. The second kappa shape index (κ2) is 7.12. The van der Waals surface area contributed by atoms with Crippen molar-refractivity contribution < 1.29 is 19.8 Å². The van der Waals surface area contributed by atoms with Crippen LogP contribution in [0.2, 0.25) is 0 Å². The highest BCUT2D eigenvalue weighted by Gasteiger charge is 2.31. The first-order valence-corrected chi connectivity index (χ1v) is 8.84. The second-order valence-electron chi connectivity index (χ2n) is 6.54. The van der Waals surface area contributed by atoms with Crippen molar-refractivity contribution in [3.8, 4) is 16.9 Å². The minimum Gasteiger partial charge on any atom is -0.505 e. The molecule has 0 spiro atoms. The number of aromatic hydroxyl groups is 1. The number of benzene rings is 3. The third-order valence-corrected chi connectivity index (χ3v) is 4.77. The first-order chi connectivity index (χ1) is 14.0. The van der Waals surface area contributed by atoms with Crippen molar-refractivity contribution in [2.75, 3.05) is 17.4 Å². The third kappa shape index (κ3) is 3.19. The molecule has 7 nitrogen and oxygen atoms in total. The van der Waals surface area contributed by atoms with E-state index in [4.69, 9.17) is 0 Å². The molecule has 1 aliphatic rings. The molecule has 0 saturated heterocycles. The van der Waals surface area contributed by atoms with Gasteiger partial charge in [-0.1, -0.05) is 42.5 Å². The number of rotatable bonds is 4. The SMILES string of the molecule is CN1C(=O)C(=NNc2cccc(-c3cccc(C(=O)O)c3)c2O)c2ccccc21. The number of para-hydroxylation sites is 2. The van der Waals surface area contributed by atoms with Crippen LogP contribution in [0.15, 0.2) is 71.8 Å². The van der Waals surface area contributed by atoms with Gasteiger partial charge < -0.3 is 15.1 Å². The minimum atomic E-state index is -1.05. The van der Waals surface area contributed by atoms with Crippen LogP contribution in [0.1, 0.15) is 15.9 Å². The van der Waals surface area contributed by atoms with Gasteiger partial charge >= 0.3 is 5.97 Å². The Hall–Kier alpha value is -4.13. The van der Waals surface area contributed by atoms with E-state index in [-0.39, 0.29) is 22.9 Å². The first kappa shape index (κ1) is 18.2. The van der Waals surface area contributed by atoms with Gasteiger partial charge in [0.15, 0.2) is 5.71 Å². The van der Waals surface area contributed by atoms with E-state index < -0.39 is 5.97 Å². The quantitative estimate of drug-likeness (QED) is 0.469. The van der Waals surface area contributed by atoms with Crippen molar-refractivity contribution in [3.05, 3.63) is 77.9 Å². The summed E-state index contributed by atoms with van der Waals surface area (Å²) < 4.78 is 0. The first-order valence-electron chi connectivity index (χ1n) is 8.84. The fourth-order valence-corrected chi connectivity index (χ4v) is 3.26. The van der Waals surface area contributed by atoms with Crippen LogP contribution in [0, 0.1) is 0 Å². The molecule has 0 bridgehead atoms. The van der Waals surface area contributed by atoms with Gasteiger partial charge in [0.25, 0.3) is 5.91 Å². The number of nitrogens with one attached hydrogen (secondary N) is 1. The standard InChI is InChI=1S/C22H17N3O4/c1-25-18-11-3-2-8-16(18)19(21(25)27)24-23-17-10-5-9-15(20(17)26)13-6-4-7-14(12-13)22(28)29/h2-12,23,26H,1H3,(H,28,29). The highest BCUT2D eigenvalue weighted by atomic mass is 16.4. The van der Waals surface area contributed by atoms with E-state index in [1.165, 1.54) is 17.0 Å². The summed E-state index contributed by atoms with van der Waals surface area (Å²) in [6, 6.07) is 18.6. The maximum atomic E-state index is 12.5. The number of hydrazone groups is 1. The highest BCUT2D eigenvalue weighted by molar-refractivity contribution is 6.54.